The minimum absolute atomic E-state index is 0.0520. The van der Waals surface area contributed by atoms with Gasteiger partial charge in [0.15, 0.2) is 0 Å². The molecule has 0 bridgehead atoms. The van der Waals surface area contributed by atoms with Gasteiger partial charge in [0.05, 0.1) is 13.7 Å². The molecule has 0 spiro atoms. The molecule has 2 rings (SSSR count). The van der Waals surface area contributed by atoms with Crippen LogP contribution in [0.3, 0.4) is 0 Å². The van der Waals surface area contributed by atoms with Crippen LogP contribution in [-0.2, 0) is 0 Å². The highest BCUT2D eigenvalue weighted by Gasteiger charge is 2.11. The first-order valence-corrected chi connectivity index (χ1v) is 6.51. The summed E-state index contributed by atoms with van der Waals surface area (Å²) in [6, 6.07) is 7.92. The van der Waals surface area contributed by atoms with Crippen molar-refractivity contribution in [2.24, 2.45) is 0 Å². The van der Waals surface area contributed by atoms with Crippen molar-refractivity contribution in [1.29, 1.82) is 0 Å². The molecule has 0 saturated heterocycles. The predicted molar refractivity (Wildman–Crippen MR) is 77.8 cm³/mol. The molecule has 0 aliphatic heterocycles. The summed E-state index contributed by atoms with van der Waals surface area (Å²) in [4.78, 5) is 4.54. The van der Waals surface area contributed by atoms with E-state index in [1.54, 1.807) is 7.11 Å². The number of aromatic nitrogens is 1. The fraction of sp³-hybridized carbons (Fsp3) is 0.400. The molecule has 2 aromatic rings. The van der Waals surface area contributed by atoms with Crippen molar-refractivity contribution >= 4 is 16.6 Å². The first kappa shape index (κ1) is 13.6. The van der Waals surface area contributed by atoms with E-state index in [0.29, 0.717) is 0 Å². The van der Waals surface area contributed by atoms with Crippen LogP contribution in [-0.4, -0.2) is 29.8 Å². The van der Waals surface area contributed by atoms with Crippen LogP contribution in [0.25, 0.3) is 10.9 Å². The van der Waals surface area contributed by atoms with Gasteiger partial charge in [0.25, 0.3) is 0 Å². The highest BCUT2D eigenvalue weighted by Crippen LogP contribution is 2.30. The van der Waals surface area contributed by atoms with Gasteiger partial charge in [0.2, 0.25) is 0 Å². The number of anilines is 1. The molecule has 0 saturated carbocycles. The first-order valence-electron chi connectivity index (χ1n) is 6.51. The molecule has 1 aromatic heterocycles. The van der Waals surface area contributed by atoms with E-state index in [1.807, 2.05) is 38.1 Å². The average Bonchev–Trinajstić information content (AvgIpc) is 2.43. The van der Waals surface area contributed by atoms with E-state index in [0.717, 1.165) is 34.5 Å². The van der Waals surface area contributed by atoms with E-state index in [9.17, 15) is 5.11 Å². The molecule has 4 heteroatoms. The van der Waals surface area contributed by atoms with E-state index in [4.69, 9.17) is 4.74 Å². The predicted octanol–water partition coefficient (Wildman–Crippen LogP) is 2.73. The third kappa shape index (κ3) is 2.79. The summed E-state index contributed by atoms with van der Waals surface area (Å²) in [5, 5.41) is 13.7. The van der Waals surface area contributed by atoms with Gasteiger partial charge in [-0.3, -0.25) is 0 Å². The topological polar surface area (TPSA) is 54.4 Å². The lowest BCUT2D eigenvalue weighted by atomic mass is 10.1. The van der Waals surface area contributed by atoms with Crippen molar-refractivity contribution in [3.63, 3.8) is 0 Å². The fourth-order valence-electron chi connectivity index (χ4n) is 2.13. The number of para-hydroxylation sites is 1. The van der Waals surface area contributed by atoms with Gasteiger partial charge in [-0.25, -0.2) is 4.98 Å². The molecule has 1 heterocycles. The van der Waals surface area contributed by atoms with Gasteiger partial charge in [0, 0.05) is 22.8 Å². The molecule has 102 valence electrons. The summed E-state index contributed by atoms with van der Waals surface area (Å²) < 4.78 is 5.36. The Kier molecular flexibility index (Phi) is 4.22. The minimum atomic E-state index is 0.0520. The van der Waals surface area contributed by atoms with Gasteiger partial charge in [0.1, 0.15) is 11.3 Å². The standard InChI is InChI=1S/C15H20N2O2/c1-4-11(9-18)17-13-8-10(2)16-15-12(13)6-5-7-14(15)19-3/h5-8,11,18H,4,9H2,1-3H3,(H,16,17). The maximum atomic E-state index is 9.33. The number of methoxy groups -OCH3 is 1. The molecule has 1 aromatic carbocycles. The lowest BCUT2D eigenvalue weighted by molar-refractivity contribution is 0.272. The molecule has 0 aliphatic rings. The number of pyridine rings is 1. The number of ether oxygens (including phenoxy) is 1. The SMILES string of the molecule is CCC(CO)Nc1cc(C)nc2c(OC)cccc12. The lowest BCUT2D eigenvalue weighted by Crippen LogP contribution is -2.22. The second kappa shape index (κ2) is 5.89. The molecule has 19 heavy (non-hydrogen) atoms. The Bertz CT molecular complexity index is 565. The summed E-state index contributed by atoms with van der Waals surface area (Å²) >= 11 is 0. The smallest absolute Gasteiger partial charge is 0.145 e. The van der Waals surface area contributed by atoms with E-state index in [1.165, 1.54) is 0 Å². The van der Waals surface area contributed by atoms with Crippen molar-refractivity contribution < 1.29 is 9.84 Å². The number of nitrogens with one attached hydrogen (secondary N) is 1. The van der Waals surface area contributed by atoms with Crippen LogP contribution in [0.5, 0.6) is 5.75 Å². The largest absolute Gasteiger partial charge is 0.494 e. The van der Waals surface area contributed by atoms with Crippen molar-refractivity contribution in [2.75, 3.05) is 19.0 Å². The number of rotatable bonds is 5. The summed E-state index contributed by atoms with van der Waals surface area (Å²) in [6.07, 6.45) is 0.864. The van der Waals surface area contributed by atoms with Crippen LogP contribution >= 0.6 is 0 Å². The van der Waals surface area contributed by atoms with Crippen molar-refractivity contribution in [3.05, 3.63) is 30.0 Å². The molecule has 1 unspecified atom stereocenters. The third-order valence-corrected chi connectivity index (χ3v) is 3.22. The molecule has 4 nitrogen and oxygen atoms in total. The lowest BCUT2D eigenvalue weighted by Gasteiger charge is -2.18. The van der Waals surface area contributed by atoms with E-state index >= 15 is 0 Å². The number of aryl methyl sites for hydroxylation is 1. The molecule has 2 N–H and O–H groups in total. The number of hydrogen-bond donors (Lipinski definition) is 2. The van der Waals surface area contributed by atoms with Gasteiger partial charge in [-0.2, -0.15) is 0 Å². The summed E-state index contributed by atoms with van der Waals surface area (Å²) in [7, 11) is 1.65. The van der Waals surface area contributed by atoms with Gasteiger partial charge in [-0.05, 0) is 25.5 Å². The molecule has 0 aliphatic carbocycles. The van der Waals surface area contributed by atoms with Crippen LogP contribution in [0.15, 0.2) is 24.3 Å². The number of nitrogens with zero attached hydrogens (tertiary/aromatic N) is 1. The van der Waals surface area contributed by atoms with Crippen LogP contribution in [0.4, 0.5) is 5.69 Å². The van der Waals surface area contributed by atoms with Gasteiger partial charge in [-0.1, -0.05) is 19.1 Å². The maximum Gasteiger partial charge on any atom is 0.145 e. The second-order valence-corrected chi connectivity index (χ2v) is 4.60. The molecule has 0 amide bonds. The highest BCUT2D eigenvalue weighted by molar-refractivity contribution is 5.95. The quantitative estimate of drug-likeness (QED) is 0.868. The number of aliphatic hydroxyl groups excluding tert-OH is 1. The van der Waals surface area contributed by atoms with E-state index in [-0.39, 0.29) is 12.6 Å². The molecule has 0 radical (unpaired) electrons. The normalized spacial score (nSPS) is 12.4. The monoisotopic (exact) mass is 260 g/mol. The van der Waals surface area contributed by atoms with Gasteiger partial charge < -0.3 is 15.2 Å². The van der Waals surface area contributed by atoms with Crippen molar-refractivity contribution in [1.82, 2.24) is 4.98 Å². The summed E-state index contributed by atoms with van der Waals surface area (Å²) in [5.74, 6) is 0.765. The number of fused-ring (bicyclic) bond motifs is 1. The van der Waals surface area contributed by atoms with Crippen LogP contribution in [0.1, 0.15) is 19.0 Å². The van der Waals surface area contributed by atoms with Crippen LogP contribution < -0.4 is 10.1 Å². The maximum absolute atomic E-state index is 9.33. The minimum Gasteiger partial charge on any atom is -0.494 e. The van der Waals surface area contributed by atoms with Crippen LogP contribution in [0.2, 0.25) is 0 Å². The Labute approximate surface area is 113 Å². The third-order valence-electron chi connectivity index (χ3n) is 3.22. The Hall–Kier alpha value is -1.81. The molecular weight excluding hydrogens is 240 g/mol. The number of hydrogen-bond acceptors (Lipinski definition) is 4. The Morgan fingerprint density at radius 3 is 2.84 bits per heavy atom. The zero-order valence-electron chi connectivity index (χ0n) is 11.6. The average molecular weight is 260 g/mol. The van der Waals surface area contributed by atoms with E-state index in [2.05, 4.69) is 10.3 Å². The molecular formula is C15H20N2O2. The summed E-state index contributed by atoms with van der Waals surface area (Å²) in [5.41, 5.74) is 2.76. The Morgan fingerprint density at radius 1 is 1.42 bits per heavy atom. The van der Waals surface area contributed by atoms with Crippen molar-refractivity contribution in [3.8, 4) is 5.75 Å². The fourth-order valence-corrected chi connectivity index (χ4v) is 2.13. The Balaban J connectivity index is 2.54. The second-order valence-electron chi connectivity index (χ2n) is 4.60. The molecule has 1 atom stereocenters. The van der Waals surface area contributed by atoms with Gasteiger partial charge >= 0.3 is 0 Å². The van der Waals surface area contributed by atoms with Crippen molar-refractivity contribution in [2.45, 2.75) is 26.3 Å². The van der Waals surface area contributed by atoms with Gasteiger partial charge in [-0.15, -0.1) is 0 Å². The van der Waals surface area contributed by atoms with E-state index < -0.39 is 0 Å². The zero-order chi connectivity index (χ0) is 13.8. The zero-order valence-corrected chi connectivity index (χ0v) is 11.6. The Morgan fingerprint density at radius 2 is 2.21 bits per heavy atom. The molecule has 0 fully saturated rings. The number of aliphatic hydroxyl groups is 1. The van der Waals surface area contributed by atoms with Crippen LogP contribution in [0, 0.1) is 6.92 Å². The highest BCUT2D eigenvalue weighted by atomic mass is 16.5. The first-order chi connectivity index (χ1) is 9.19. The number of benzene rings is 1. The summed E-state index contributed by atoms with van der Waals surface area (Å²) in [6.45, 7) is 4.12.